The fourth-order valence-corrected chi connectivity index (χ4v) is 1.89. The highest BCUT2D eigenvalue weighted by molar-refractivity contribution is 5.83. The van der Waals surface area contributed by atoms with Crippen LogP contribution in [0.15, 0.2) is 16.9 Å². The van der Waals surface area contributed by atoms with Crippen LogP contribution in [-0.4, -0.2) is 32.0 Å². The number of aryl methyl sites for hydroxylation is 1. The minimum atomic E-state index is -0.116. The Kier molecular flexibility index (Phi) is 2.97. The summed E-state index contributed by atoms with van der Waals surface area (Å²) in [6.45, 7) is 3.81. The molecule has 1 unspecified atom stereocenters. The Balaban J connectivity index is 1.95. The van der Waals surface area contributed by atoms with Crippen molar-refractivity contribution in [3.63, 3.8) is 0 Å². The van der Waals surface area contributed by atoms with Crippen LogP contribution in [0.2, 0.25) is 0 Å². The van der Waals surface area contributed by atoms with E-state index in [0.717, 1.165) is 11.3 Å². The minimum absolute atomic E-state index is 0.116. The second-order valence-corrected chi connectivity index (χ2v) is 4.42. The van der Waals surface area contributed by atoms with Gasteiger partial charge < -0.3 is 20.0 Å². The summed E-state index contributed by atoms with van der Waals surface area (Å²) in [5, 5.41) is 6.17. The molecule has 0 saturated heterocycles. The number of fused-ring (bicyclic) bond motifs is 1. The first kappa shape index (κ1) is 12.4. The molecule has 3 N–H and O–H groups in total. The van der Waals surface area contributed by atoms with Gasteiger partial charge in [0.05, 0.1) is 12.5 Å². The van der Waals surface area contributed by atoms with Crippen LogP contribution in [0.25, 0.3) is 11.2 Å². The molecular weight excluding hydrogens is 258 g/mol. The van der Waals surface area contributed by atoms with Gasteiger partial charge in [0, 0.05) is 7.05 Å². The summed E-state index contributed by atoms with van der Waals surface area (Å²) in [7, 11) is 1.76. The van der Waals surface area contributed by atoms with Crippen LogP contribution in [0, 0.1) is 6.92 Å². The van der Waals surface area contributed by atoms with Gasteiger partial charge in [0.25, 0.3) is 0 Å². The molecule has 8 nitrogen and oxygen atoms in total. The van der Waals surface area contributed by atoms with Gasteiger partial charge in [-0.25, -0.2) is 9.97 Å². The SMILES string of the molecule is CNc1nc(NC(C)c2ncc(C)o2)c2[nH]cnc2n1. The Labute approximate surface area is 115 Å². The van der Waals surface area contributed by atoms with Crippen molar-refractivity contribution in [3.05, 3.63) is 24.2 Å². The average Bonchev–Trinajstić information content (AvgIpc) is 3.06. The fourth-order valence-electron chi connectivity index (χ4n) is 1.89. The Morgan fingerprint density at radius 3 is 2.85 bits per heavy atom. The molecule has 8 heteroatoms. The van der Waals surface area contributed by atoms with Gasteiger partial charge in [-0.15, -0.1) is 0 Å². The predicted octanol–water partition coefficient (Wildman–Crippen LogP) is 1.86. The standard InChI is InChI=1S/C12H15N7O/c1-6-4-14-11(20-6)7(2)17-10-8-9(16-5-15-8)18-12(13-3)19-10/h4-5,7H,1-3H3,(H3,13,15,16,17,18,19). The van der Waals surface area contributed by atoms with Crippen LogP contribution in [0.4, 0.5) is 11.8 Å². The van der Waals surface area contributed by atoms with E-state index in [2.05, 4.69) is 35.6 Å². The van der Waals surface area contributed by atoms with Gasteiger partial charge in [-0.05, 0) is 13.8 Å². The van der Waals surface area contributed by atoms with Crippen molar-refractivity contribution in [1.82, 2.24) is 24.9 Å². The molecule has 0 saturated carbocycles. The predicted molar refractivity (Wildman–Crippen MR) is 74.5 cm³/mol. The van der Waals surface area contributed by atoms with E-state index in [1.807, 2.05) is 13.8 Å². The van der Waals surface area contributed by atoms with E-state index < -0.39 is 0 Å². The third-order valence-corrected chi connectivity index (χ3v) is 2.87. The van der Waals surface area contributed by atoms with Crippen molar-refractivity contribution >= 4 is 22.9 Å². The molecule has 0 amide bonds. The van der Waals surface area contributed by atoms with Crippen molar-refractivity contribution in [2.45, 2.75) is 19.9 Å². The molecule has 0 aliphatic carbocycles. The molecule has 104 valence electrons. The Bertz CT molecular complexity index is 732. The van der Waals surface area contributed by atoms with E-state index in [0.29, 0.717) is 23.3 Å². The van der Waals surface area contributed by atoms with Gasteiger partial charge in [0.1, 0.15) is 17.3 Å². The molecule has 3 aromatic heterocycles. The average molecular weight is 273 g/mol. The monoisotopic (exact) mass is 273 g/mol. The first-order valence-electron chi connectivity index (χ1n) is 6.25. The van der Waals surface area contributed by atoms with Gasteiger partial charge in [-0.3, -0.25) is 0 Å². The second-order valence-electron chi connectivity index (χ2n) is 4.42. The van der Waals surface area contributed by atoms with Gasteiger partial charge >= 0.3 is 0 Å². The van der Waals surface area contributed by atoms with Crippen LogP contribution < -0.4 is 10.6 Å². The number of oxazole rings is 1. The number of aromatic nitrogens is 5. The molecule has 3 aromatic rings. The molecule has 0 spiro atoms. The minimum Gasteiger partial charge on any atom is -0.444 e. The number of hydrogen-bond acceptors (Lipinski definition) is 7. The molecule has 0 radical (unpaired) electrons. The van der Waals surface area contributed by atoms with Gasteiger partial charge in [-0.1, -0.05) is 0 Å². The van der Waals surface area contributed by atoms with Crippen LogP contribution >= 0.6 is 0 Å². The lowest BCUT2D eigenvalue weighted by atomic mass is 10.3. The summed E-state index contributed by atoms with van der Waals surface area (Å²) in [5.74, 6) is 2.54. The zero-order valence-corrected chi connectivity index (χ0v) is 11.4. The van der Waals surface area contributed by atoms with E-state index >= 15 is 0 Å². The molecule has 0 bridgehead atoms. The lowest BCUT2D eigenvalue weighted by Crippen LogP contribution is -2.10. The lowest BCUT2D eigenvalue weighted by Gasteiger charge is -2.12. The normalized spacial score (nSPS) is 12.6. The Hall–Kier alpha value is -2.64. The first-order valence-corrected chi connectivity index (χ1v) is 6.25. The van der Waals surface area contributed by atoms with Crippen molar-refractivity contribution in [2.24, 2.45) is 0 Å². The summed E-state index contributed by atoms with van der Waals surface area (Å²) >= 11 is 0. The van der Waals surface area contributed by atoms with E-state index in [1.54, 1.807) is 19.6 Å². The maximum absolute atomic E-state index is 5.51. The molecule has 3 rings (SSSR count). The van der Waals surface area contributed by atoms with E-state index in [9.17, 15) is 0 Å². The molecule has 0 aliphatic heterocycles. The smallest absolute Gasteiger partial charge is 0.226 e. The zero-order valence-electron chi connectivity index (χ0n) is 11.4. The molecule has 0 aliphatic rings. The second kappa shape index (κ2) is 4.80. The third-order valence-electron chi connectivity index (χ3n) is 2.87. The summed E-state index contributed by atoms with van der Waals surface area (Å²) in [4.78, 5) is 20.0. The quantitative estimate of drug-likeness (QED) is 0.666. The topological polar surface area (TPSA) is 105 Å². The molecule has 3 heterocycles. The number of aromatic amines is 1. The zero-order chi connectivity index (χ0) is 14.1. The van der Waals surface area contributed by atoms with Crippen LogP contribution in [-0.2, 0) is 0 Å². The largest absolute Gasteiger partial charge is 0.444 e. The van der Waals surface area contributed by atoms with E-state index in [-0.39, 0.29) is 6.04 Å². The maximum Gasteiger partial charge on any atom is 0.226 e. The molecule has 1 atom stereocenters. The number of nitrogens with one attached hydrogen (secondary N) is 3. The highest BCUT2D eigenvalue weighted by atomic mass is 16.4. The molecule has 20 heavy (non-hydrogen) atoms. The lowest BCUT2D eigenvalue weighted by molar-refractivity contribution is 0.453. The number of anilines is 2. The third kappa shape index (κ3) is 2.15. The summed E-state index contributed by atoms with van der Waals surface area (Å²) < 4.78 is 5.51. The number of imidazole rings is 1. The molecule has 0 fully saturated rings. The molecular formula is C12H15N7O. The summed E-state index contributed by atoms with van der Waals surface area (Å²) in [5.41, 5.74) is 1.35. The number of rotatable bonds is 4. The molecule has 0 aromatic carbocycles. The maximum atomic E-state index is 5.51. The van der Waals surface area contributed by atoms with Gasteiger partial charge in [0.2, 0.25) is 11.8 Å². The van der Waals surface area contributed by atoms with Crippen LogP contribution in [0.1, 0.15) is 24.6 Å². The Morgan fingerprint density at radius 1 is 1.30 bits per heavy atom. The van der Waals surface area contributed by atoms with E-state index in [1.165, 1.54) is 0 Å². The number of hydrogen-bond donors (Lipinski definition) is 3. The Morgan fingerprint density at radius 2 is 2.15 bits per heavy atom. The van der Waals surface area contributed by atoms with Crippen molar-refractivity contribution in [1.29, 1.82) is 0 Å². The van der Waals surface area contributed by atoms with Gasteiger partial charge in [0.15, 0.2) is 11.5 Å². The van der Waals surface area contributed by atoms with Crippen molar-refractivity contribution in [3.8, 4) is 0 Å². The van der Waals surface area contributed by atoms with E-state index in [4.69, 9.17) is 4.42 Å². The van der Waals surface area contributed by atoms with Gasteiger partial charge in [-0.2, -0.15) is 9.97 Å². The highest BCUT2D eigenvalue weighted by Gasteiger charge is 2.15. The number of H-pyrrole nitrogens is 1. The fraction of sp³-hybridized carbons (Fsp3) is 0.333. The summed E-state index contributed by atoms with van der Waals surface area (Å²) in [6, 6.07) is -0.116. The van der Waals surface area contributed by atoms with Crippen LogP contribution in [0.3, 0.4) is 0 Å². The number of nitrogens with zero attached hydrogens (tertiary/aromatic N) is 4. The van der Waals surface area contributed by atoms with Crippen LogP contribution in [0.5, 0.6) is 0 Å². The van der Waals surface area contributed by atoms with Crippen molar-refractivity contribution < 1.29 is 4.42 Å². The van der Waals surface area contributed by atoms with Crippen molar-refractivity contribution in [2.75, 3.05) is 17.7 Å². The first-order chi connectivity index (χ1) is 9.67. The highest BCUT2D eigenvalue weighted by Crippen LogP contribution is 2.23. The summed E-state index contributed by atoms with van der Waals surface area (Å²) in [6.07, 6.45) is 3.28.